The SMILES string of the molecule is O=C(CCOc1ccc(Br)cc1Cl)N1CCNCC1. The van der Waals surface area contributed by atoms with Crippen molar-refractivity contribution in [2.24, 2.45) is 0 Å². The minimum Gasteiger partial charge on any atom is -0.491 e. The number of benzene rings is 1. The van der Waals surface area contributed by atoms with Gasteiger partial charge in [0.2, 0.25) is 5.91 Å². The second-order valence-electron chi connectivity index (χ2n) is 4.30. The molecule has 1 saturated heterocycles. The molecule has 0 aromatic heterocycles. The lowest BCUT2D eigenvalue weighted by atomic mass is 10.3. The lowest BCUT2D eigenvalue weighted by molar-refractivity contribution is -0.132. The molecule has 0 bridgehead atoms. The van der Waals surface area contributed by atoms with Crippen molar-refractivity contribution in [3.8, 4) is 5.75 Å². The lowest BCUT2D eigenvalue weighted by Gasteiger charge is -2.27. The zero-order chi connectivity index (χ0) is 13.7. The van der Waals surface area contributed by atoms with Crippen LogP contribution in [0.4, 0.5) is 0 Å². The number of amides is 1. The summed E-state index contributed by atoms with van der Waals surface area (Å²) in [6.07, 6.45) is 0.381. The van der Waals surface area contributed by atoms with Gasteiger partial charge in [-0.3, -0.25) is 4.79 Å². The van der Waals surface area contributed by atoms with Crippen molar-refractivity contribution in [3.05, 3.63) is 27.7 Å². The van der Waals surface area contributed by atoms with E-state index >= 15 is 0 Å². The molecule has 0 atom stereocenters. The number of nitrogens with one attached hydrogen (secondary N) is 1. The maximum absolute atomic E-state index is 11.9. The van der Waals surface area contributed by atoms with Crippen LogP contribution in [0.1, 0.15) is 6.42 Å². The van der Waals surface area contributed by atoms with Crippen molar-refractivity contribution in [2.45, 2.75) is 6.42 Å². The van der Waals surface area contributed by atoms with Gasteiger partial charge in [0.15, 0.2) is 0 Å². The molecule has 1 aliphatic heterocycles. The van der Waals surface area contributed by atoms with E-state index in [2.05, 4.69) is 21.2 Å². The Bertz CT molecular complexity index is 450. The molecule has 1 aliphatic rings. The van der Waals surface area contributed by atoms with E-state index in [1.165, 1.54) is 0 Å². The molecule has 4 nitrogen and oxygen atoms in total. The van der Waals surface area contributed by atoms with E-state index in [4.69, 9.17) is 16.3 Å². The number of carbonyl (C=O) groups excluding carboxylic acids is 1. The average molecular weight is 348 g/mol. The van der Waals surface area contributed by atoms with Crippen LogP contribution in [0.3, 0.4) is 0 Å². The van der Waals surface area contributed by atoms with Crippen molar-refractivity contribution in [1.82, 2.24) is 10.2 Å². The summed E-state index contributed by atoms with van der Waals surface area (Å²) in [5.41, 5.74) is 0. The van der Waals surface area contributed by atoms with Crippen molar-refractivity contribution < 1.29 is 9.53 Å². The molecular formula is C13H16BrClN2O2. The smallest absolute Gasteiger partial charge is 0.226 e. The van der Waals surface area contributed by atoms with E-state index in [9.17, 15) is 4.79 Å². The van der Waals surface area contributed by atoms with E-state index in [1.807, 2.05) is 11.0 Å². The largest absolute Gasteiger partial charge is 0.491 e. The first kappa shape index (κ1) is 14.6. The van der Waals surface area contributed by atoms with Crippen LogP contribution in [-0.4, -0.2) is 43.6 Å². The first-order valence-corrected chi connectivity index (χ1v) is 7.40. The van der Waals surface area contributed by atoms with Crippen molar-refractivity contribution in [1.29, 1.82) is 0 Å². The Kier molecular flexibility index (Phi) is 5.48. The third-order valence-electron chi connectivity index (χ3n) is 2.94. The van der Waals surface area contributed by atoms with Crippen molar-refractivity contribution in [2.75, 3.05) is 32.8 Å². The molecule has 1 heterocycles. The molecule has 0 radical (unpaired) electrons. The van der Waals surface area contributed by atoms with Crippen LogP contribution in [-0.2, 0) is 4.79 Å². The van der Waals surface area contributed by atoms with Crippen LogP contribution in [0.15, 0.2) is 22.7 Å². The fourth-order valence-corrected chi connectivity index (χ4v) is 2.64. The molecule has 19 heavy (non-hydrogen) atoms. The summed E-state index contributed by atoms with van der Waals surface area (Å²) in [6, 6.07) is 5.43. The summed E-state index contributed by atoms with van der Waals surface area (Å²) in [5, 5.41) is 3.76. The minimum absolute atomic E-state index is 0.134. The minimum atomic E-state index is 0.134. The van der Waals surface area contributed by atoms with Crippen LogP contribution in [0.2, 0.25) is 5.02 Å². The summed E-state index contributed by atoms with van der Waals surface area (Å²) in [5.74, 6) is 0.743. The van der Waals surface area contributed by atoms with E-state index in [0.717, 1.165) is 30.7 Å². The topological polar surface area (TPSA) is 41.6 Å². The van der Waals surface area contributed by atoms with E-state index < -0.39 is 0 Å². The van der Waals surface area contributed by atoms with Gasteiger partial charge in [-0.05, 0) is 18.2 Å². The lowest BCUT2D eigenvalue weighted by Crippen LogP contribution is -2.46. The summed E-state index contributed by atoms with van der Waals surface area (Å²) in [6.45, 7) is 3.64. The fraction of sp³-hybridized carbons (Fsp3) is 0.462. The van der Waals surface area contributed by atoms with Gasteiger partial charge in [-0.15, -0.1) is 0 Å². The normalized spacial score (nSPS) is 15.4. The molecule has 6 heteroatoms. The Morgan fingerprint density at radius 1 is 1.42 bits per heavy atom. The first-order chi connectivity index (χ1) is 9.16. The molecule has 1 fully saturated rings. The Hall–Kier alpha value is -0.780. The van der Waals surface area contributed by atoms with Gasteiger partial charge in [-0.2, -0.15) is 0 Å². The number of hydrogen-bond acceptors (Lipinski definition) is 3. The molecule has 1 N–H and O–H groups in total. The molecule has 1 aromatic carbocycles. The highest BCUT2D eigenvalue weighted by Gasteiger charge is 2.15. The van der Waals surface area contributed by atoms with Crippen LogP contribution < -0.4 is 10.1 Å². The molecule has 0 unspecified atom stereocenters. The van der Waals surface area contributed by atoms with Gasteiger partial charge in [0.25, 0.3) is 0 Å². The van der Waals surface area contributed by atoms with Gasteiger partial charge in [-0.1, -0.05) is 27.5 Å². The van der Waals surface area contributed by atoms with Gasteiger partial charge in [0.1, 0.15) is 5.75 Å². The average Bonchev–Trinajstić information content (AvgIpc) is 2.42. The van der Waals surface area contributed by atoms with Crippen molar-refractivity contribution >= 4 is 33.4 Å². The highest BCUT2D eigenvalue weighted by molar-refractivity contribution is 9.10. The van der Waals surface area contributed by atoms with Crippen LogP contribution in [0.5, 0.6) is 5.75 Å². The molecule has 0 aliphatic carbocycles. The van der Waals surface area contributed by atoms with Gasteiger partial charge < -0.3 is 15.0 Å². The van der Waals surface area contributed by atoms with Crippen molar-refractivity contribution in [3.63, 3.8) is 0 Å². The van der Waals surface area contributed by atoms with Crippen LogP contribution in [0.25, 0.3) is 0 Å². The first-order valence-electron chi connectivity index (χ1n) is 6.23. The standard InChI is InChI=1S/C13H16BrClN2O2/c14-10-1-2-12(11(15)9-10)19-8-3-13(18)17-6-4-16-5-7-17/h1-2,9,16H,3-8H2. The highest BCUT2D eigenvalue weighted by atomic mass is 79.9. The number of nitrogens with zero attached hydrogens (tertiary/aromatic N) is 1. The van der Waals surface area contributed by atoms with Gasteiger partial charge in [0, 0.05) is 30.7 Å². The maximum Gasteiger partial charge on any atom is 0.226 e. The summed E-state index contributed by atoms with van der Waals surface area (Å²) >= 11 is 9.37. The van der Waals surface area contributed by atoms with Gasteiger partial charge in [-0.25, -0.2) is 0 Å². The second-order valence-corrected chi connectivity index (χ2v) is 5.63. The number of rotatable bonds is 4. The predicted octanol–water partition coefficient (Wildman–Crippen LogP) is 2.30. The Balaban J connectivity index is 1.78. The Morgan fingerprint density at radius 3 is 2.84 bits per heavy atom. The Morgan fingerprint density at radius 2 is 2.16 bits per heavy atom. The van der Waals surface area contributed by atoms with Gasteiger partial charge >= 0.3 is 0 Å². The molecular weight excluding hydrogens is 332 g/mol. The maximum atomic E-state index is 11.9. The Labute approximate surface area is 126 Å². The van der Waals surface area contributed by atoms with E-state index in [-0.39, 0.29) is 5.91 Å². The molecule has 2 rings (SSSR count). The molecule has 1 aromatic rings. The van der Waals surface area contributed by atoms with E-state index in [1.54, 1.807) is 12.1 Å². The van der Waals surface area contributed by atoms with Crippen LogP contribution in [0, 0.1) is 0 Å². The monoisotopic (exact) mass is 346 g/mol. The summed E-state index contributed by atoms with van der Waals surface area (Å²) in [7, 11) is 0. The second kappa shape index (κ2) is 7.12. The summed E-state index contributed by atoms with van der Waals surface area (Å²) < 4.78 is 6.44. The number of carbonyl (C=O) groups is 1. The highest BCUT2D eigenvalue weighted by Crippen LogP contribution is 2.27. The molecule has 0 spiro atoms. The number of halogens is 2. The number of ether oxygens (including phenoxy) is 1. The number of hydrogen-bond donors (Lipinski definition) is 1. The third kappa shape index (κ3) is 4.37. The van der Waals surface area contributed by atoms with E-state index in [0.29, 0.717) is 23.8 Å². The molecule has 1 amide bonds. The zero-order valence-electron chi connectivity index (χ0n) is 10.5. The number of piperazine rings is 1. The quantitative estimate of drug-likeness (QED) is 0.909. The van der Waals surface area contributed by atoms with Gasteiger partial charge in [0.05, 0.1) is 18.1 Å². The molecule has 104 valence electrons. The summed E-state index contributed by atoms with van der Waals surface area (Å²) in [4.78, 5) is 13.8. The molecule has 0 saturated carbocycles. The zero-order valence-corrected chi connectivity index (χ0v) is 12.8. The fourth-order valence-electron chi connectivity index (χ4n) is 1.91. The van der Waals surface area contributed by atoms with Crippen LogP contribution >= 0.6 is 27.5 Å². The predicted molar refractivity (Wildman–Crippen MR) is 78.7 cm³/mol. The third-order valence-corrected chi connectivity index (χ3v) is 3.73.